The minimum absolute atomic E-state index is 0.295. The fourth-order valence-corrected chi connectivity index (χ4v) is 9.55. The molecule has 4 aliphatic carbocycles. The SMILES string of the molecule is CCC[C@@H](C)C1CCC2C3CC[C@@H]4C[C@H](C)CC[C@]4(C)[C@]34O[C@@H]4C[C@@]21C. The molecule has 0 radical (unpaired) electrons. The molecule has 0 N–H and O–H groups in total. The van der Waals surface area contributed by atoms with Crippen molar-refractivity contribution < 1.29 is 4.74 Å². The summed E-state index contributed by atoms with van der Waals surface area (Å²) in [5.74, 6) is 5.56. The van der Waals surface area contributed by atoms with E-state index in [0.29, 0.717) is 22.5 Å². The van der Waals surface area contributed by atoms with Gasteiger partial charge in [-0.1, -0.05) is 53.9 Å². The van der Waals surface area contributed by atoms with Crippen LogP contribution in [0.5, 0.6) is 0 Å². The molecule has 0 aromatic carbocycles. The molecule has 5 fully saturated rings. The summed E-state index contributed by atoms with van der Waals surface area (Å²) in [5, 5.41) is 0. The quantitative estimate of drug-likeness (QED) is 0.503. The van der Waals surface area contributed by atoms with Crippen LogP contribution in [-0.2, 0) is 4.74 Å². The first kappa shape index (κ1) is 18.0. The molecule has 0 amide bonds. The zero-order chi connectivity index (χ0) is 18.3. The molecule has 0 aromatic rings. The Morgan fingerprint density at radius 3 is 2.58 bits per heavy atom. The van der Waals surface area contributed by atoms with Gasteiger partial charge in [-0.3, -0.25) is 0 Å². The van der Waals surface area contributed by atoms with Gasteiger partial charge in [0, 0.05) is 5.41 Å². The average molecular weight is 359 g/mol. The maximum atomic E-state index is 6.87. The van der Waals surface area contributed by atoms with Gasteiger partial charge in [-0.15, -0.1) is 0 Å². The zero-order valence-corrected chi connectivity index (χ0v) is 18.0. The second-order valence-electron chi connectivity index (χ2n) is 11.8. The lowest BCUT2D eigenvalue weighted by molar-refractivity contribution is -0.110. The predicted molar refractivity (Wildman–Crippen MR) is 108 cm³/mol. The van der Waals surface area contributed by atoms with Crippen molar-refractivity contribution >= 4 is 0 Å². The Bertz CT molecular complexity index is 571. The van der Waals surface area contributed by atoms with Crippen molar-refractivity contribution in [2.75, 3.05) is 0 Å². The second-order valence-corrected chi connectivity index (χ2v) is 11.8. The van der Waals surface area contributed by atoms with Crippen molar-refractivity contribution in [3.8, 4) is 0 Å². The largest absolute Gasteiger partial charge is 0.365 e. The lowest BCUT2D eigenvalue weighted by atomic mass is 9.43. The highest BCUT2D eigenvalue weighted by molar-refractivity contribution is 5.27. The monoisotopic (exact) mass is 358 g/mol. The molecule has 5 rings (SSSR count). The number of hydrogen-bond acceptors (Lipinski definition) is 1. The fraction of sp³-hybridized carbons (Fsp3) is 1.00. The first-order valence-corrected chi connectivity index (χ1v) is 12.0. The number of fused-ring (bicyclic) bond motifs is 3. The molecule has 10 atom stereocenters. The Morgan fingerprint density at radius 1 is 1.04 bits per heavy atom. The van der Waals surface area contributed by atoms with Gasteiger partial charge in [0.1, 0.15) is 5.60 Å². The number of hydrogen-bond donors (Lipinski definition) is 0. The van der Waals surface area contributed by atoms with Crippen LogP contribution in [0.1, 0.15) is 98.8 Å². The summed E-state index contributed by atoms with van der Waals surface area (Å²) in [7, 11) is 0. The van der Waals surface area contributed by atoms with Crippen LogP contribution >= 0.6 is 0 Å². The van der Waals surface area contributed by atoms with E-state index in [-0.39, 0.29) is 0 Å². The van der Waals surface area contributed by atoms with Crippen molar-refractivity contribution in [3.05, 3.63) is 0 Å². The minimum Gasteiger partial charge on any atom is -0.365 e. The van der Waals surface area contributed by atoms with Gasteiger partial charge in [-0.2, -0.15) is 0 Å². The van der Waals surface area contributed by atoms with Crippen LogP contribution in [0.3, 0.4) is 0 Å². The van der Waals surface area contributed by atoms with Crippen LogP contribution in [-0.4, -0.2) is 11.7 Å². The summed E-state index contributed by atoms with van der Waals surface area (Å²) in [6, 6.07) is 0. The Kier molecular flexibility index (Phi) is 3.98. The summed E-state index contributed by atoms with van der Waals surface area (Å²) in [5.41, 5.74) is 1.35. The summed E-state index contributed by atoms with van der Waals surface area (Å²) in [6.45, 7) is 12.8. The first-order chi connectivity index (χ1) is 12.4. The molecule has 4 saturated carbocycles. The highest BCUT2D eigenvalue weighted by Gasteiger charge is 2.79. The highest BCUT2D eigenvalue weighted by Crippen LogP contribution is 2.77. The molecule has 1 spiro atoms. The van der Waals surface area contributed by atoms with Crippen LogP contribution in [0.25, 0.3) is 0 Å². The Balaban J connectivity index is 1.46. The maximum absolute atomic E-state index is 6.87. The van der Waals surface area contributed by atoms with E-state index in [1.54, 1.807) is 0 Å². The molecule has 1 heteroatoms. The minimum atomic E-state index is 0.295. The lowest BCUT2D eigenvalue weighted by Gasteiger charge is -2.59. The number of rotatable bonds is 3. The Labute approximate surface area is 162 Å². The molecule has 0 bridgehead atoms. The van der Waals surface area contributed by atoms with E-state index in [2.05, 4.69) is 34.6 Å². The van der Waals surface area contributed by atoms with E-state index in [1.165, 1.54) is 64.2 Å². The Morgan fingerprint density at radius 2 is 1.81 bits per heavy atom. The van der Waals surface area contributed by atoms with Crippen molar-refractivity contribution in [2.24, 2.45) is 46.3 Å². The smallest absolute Gasteiger partial charge is 0.103 e. The Hall–Kier alpha value is -0.0400. The molecule has 3 unspecified atom stereocenters. The third-order valence-corrected chi connectivity index (χ3v) is 10.8. The molecule has 148 valence electrons. The van der Waals surface area contributed by atoms with Crippen LogP contribution in [0.2, 0.25) is 0 Å². The van der Waals surface area contributed by atoms with Gasteiger partial charge in [0.15, 0.2) is 0 Å². The van der Waals surface area contributed by atoms with Gasteiger partial charge in [-0.25, -0.2) is 0 Å². The van der Waals surface area contributed by atoms with Crippen molar-refractivity contribution in [1.29, 1.82) is 0 Å². The third-order valence-electron chi connectivity index (χ3n) is 10.8. The highest BCUT2D eigenvalue weighted by atomic mass is 16.6. The van der Waals surface area contributed by atoms with Gasteiger partial charge < -0.3 is 4.74 Å². The van der Waals surface area contributed by atoms with Gasteiger partial charge in [0.25, 0.3) is 0 Å². The lowest BCUT2D eigenvalue weighted by Crippen LogP contribution is -2.60. The molecule has 1 nitrogen and oxygen atoms in total. The summed E-state index contributed by atoms with van der Waals surface area (Å²) in [6.07, 6.45) is 15.1. The van der Waals surface area contributed by atoms with E-state index in [4.69, 9.17) is 4.74 Å². The third kappa shape index (κ3) is 2.08. The van der Waals surface area contributed by atoms with Crippen LogP contribution in [0.15, 0.2) is 0 Å². The van der Waals surface area contributed by atoms with Gasteiger partial charge in [-0.05, 0) is 85.9 Å². The summed E-state index contributed by atoms with van der Waals surface area (Å²) in [4.78, 5) is 0. The van der Waals surface area contributed by atoms with E-state index in [0.717, 1.165) is 35.5 Å². The molecule has 1 saturated heterocycles. The number of epoxide rings is 1. The van der Waals surface area contributed by atoms with Crippen LogP contribution < -0.4 is 0 Å². The van der Waals surface area contributed by atoms with Crippen molar-refractivity contribution in [1.82, 2.24) is 0 Å². The van der Waals surface area contributed by atoms with Gasteiger partial charge in [0.05, 0.1) is 6.10 Å². The maximum Gasteiger partial charge on any atom is 0.103 e. The van der Waals surface area contributed by atoms with Crippen molar-refractivity contribution in [2.45, 2.75) is 111 Å². The van der Waals surface area contributed by atoms with E-state index >= 15 is 0 Å². The molecule has 0 aromatic heterocycles. The topological polar surface area (TPSA) is 12.5 Å². The van der Waals surface area contributed by atoms with Crippen molar-refractivity contribution in [3.63, 3.8) is 0 Å². The standard InChI is InChI=1S/C25H42O/c1-6-7-17(3)19-10-11-20-21-9-8-18-14-16(2)12-13-24(18,5)25(21)22(26-25)15-23(19,20)4/h16-22H,6-15H2,1-5H3/t16-,17-,18-,19?,20?,21?,22-,23-,24+,25+/m1/s1. The summed E-state index contributed by atoms with van der Waals surface area (Å²) < 4.78 is 6.87. The van der Waals surface area contributed by atoms with E-state index < -0.39 is 0 Å². The number of ether oxygens (including phenoxy) is 1. The second kappa shape index (κ2) is 5.74. The molecular weight excluding hydrogens is 316 g/mol. The van der Waals surface area contributed by atoms with E-state index in [1.807, 2.05) is 0 Å². The van der Waals surface area contributed by atoms with Gasteiger partial charge in [0.2, 0.25) is 0 Å². The van der Waals surface area contributed by atoms with E-state index in [9.17, 15) is 0 Å². The molecule has 1 aliphatic heterocycles. The van der Waals surface area contributed by atoms with Crippen LogP contribution in [0, 0.1) is 46.3 Å². The zero-order valence-electron chi connectivity index (χ0n) is 18.0. The average Bonchev–Trinajstić information content (AvgIpc) is 3.20. The van der Waals surface area contributed by atoms with Gasteiger partial charge >= 0.3 is 0 Å². The molecule has 26 heavy (non-hydrogen) atoms. The molecule has 1 heterocycles. The summed E-state index contributed by atoms with van der Waals surface area (Å²) >= 11 is 0. The predicted octanol–water partition coefficient (Wildman–Crippen LogP) is 6.85. The first-order valence-electron chi connectivity index (χ1n) is 12.0. The molecular formula is C25H42O. The molecule has 5 aliphatic rings. The fourth-order valence-electron chi connectivity index (χ4n) is 9.55. The van der Waals surface area contributed by atoms with Crippen LogP contribution in [0.4, 0.5) is 0 Å². The normalized spacial score (nSPS) is 59.0.